The summed E-state index contributed by atoms with van der Waals surface area (Å²) in [7, 11) is -1.38. The van der Waals surface area contributed by atoms with E-state index in [0.29, 0.717) is 11.3 Å². The Hall–Kier alpha value is -0.740. The van der Waals surface area contributed by atoms with Crippen molar-refractivity contribution in [2.45, 2.75) is 32.4 Å². The standard InChI is InChI=1S/C12H15ClFNOS/c1-8(15-17(16)12(2,3)4)9-6-5-7-10(14)11(9)13/h5-7H,1-4H3/b15-8-/t17-/m1/s1. The first-order chi connectivity index (χ1) is 7.73. The molecule has 0 saturated heterocycles. The van der Waals surface area contributed by atoms with E-state index < -0.39 is 21.5 Å². The monoisotopic (exact) mass is 275 g/mol. The number of halogens is 2. The first-order valence-corrected chi connectivity index (χ1v) is 6.63. The molecule has 0 bridgehead atoms. The van der Waals surface area contributed by atoms with Crippen LogP contribution in [0.2, 0.25) is 5.02 Å². The molecule has 0 radical (unpaired) electrons. The van der Waals surface area contributed by atoms with E-state index in [1.54, 1.807) is 19.1 Å². The molecule has 1 rings (SSSR count). The lowest BCUT2D eigenvalue weighted by molar-refractivity contribution is 0.628. The smallest absolute Gasteiger partial charge is 0.145 e. The average molecular weight is 276 g/mol. The molecule has 0 aliphatic heterocycles. The van der Waals surface area contributed by atoms with Crippen molar-refractivity contribution < 1.29 is 8.60 Å². The fraction of sp³-hybridized carbons (Fsp3) is 0.417. The van der Waals surface area contributed by atoms with Crippen LogP contribution >= 0.6 is 11.6 Å². The van der Waals surface area contributed by atoms with E-state index in [1.165, 1.54) is 6.07 Å². The van der Waals surface area contributed by atoms with Crippen molar-refractivity contribution in [2.24, 2.45) is 4.40 Å². The molecule has 94 valence electrons. The van der Waals surface area contributed by atoms with Crippen LogP contribution in [0.5, 0.6) is 0 Å². The third kappa shape index (κ3) is 3.61. The summed E-state index contributed by atoms with van der Waals surface area (Å²) in [4.78, 5) is 0. The van der Waals surface area contributed by atoms with Gasteiger partial charge in [0.1, 0.15) is 16.8 Å². The summed E-state index contributed by atoms with van der Waals surface area (Å²) in [6.45, 7) is 7.15. The molecule has 17 heavy (non-hydrogen) atoms. The second kappa shape index (κ2) is 5.27. The Morgan fingerprint density at radius 2 is 2.00 bits per heavy atom. The van der Waals surface area contributed by atoms with Crippen LogP contribution in [0.4, 0.5) is 4.39 Å². The van der Waals surface area contributed by atoms with Crippen molar-refractivity contribution in [3.05, 3.63) is 34.6 Å². The zero-order valence-corrected chi connectivity index (χ0v) is 11.8. The third-order valence-corrected chi connectivity index (χ3v) is 3.96. The van der Waals surface area contributed by atoms with E-state index in [9.17, 15) is 8.60 Å². The molecule has 0 spiro atoms. The highest BCUT2D eigenvalue weighted by Crippen LogP contribution is 2.21. The minimum absolute atomic E-state index is 0.0136. The number of hydrogen-bond donors (Lipinski definition) is 0. The SMILES string of the molecule is C/C(=N/[S@](=O)C(C)(C)C)c1cccc(F)c1Cl. The van der Waals surface area contributed by atoms with Crippen molar-refractivity contribution >= 4 is 28.3 Å². The van der Waals surface area contributed by atoms with Crippen molar-refractivity contribution in [2.75, 3.05) is 0 Å². The van der Waals surface area contributed by atoms with Gasteiger partial charge in [-0.25, -0.2) is 8.60 Å². The predicted molar refractivity (Wildman–Crippen MR) is 71.5 cm³/mol. The summed E-state index contributed by atoms with van der Waals surface area (Å²) in [6.07, 6.45) is 0. The Morgan fingerprint density at radius 3 is 2.53 bits per heavy atom. The Labute approximate surface area is 108 Å². The molecule has 2 nitrogen and oxygen atoms in total. The molecule has 0 unspecified atom stereocenters. The fourth-order valence-corrected chi connectivity index (χ4v) is 1.98. The van der Waals surface area contributed by atoms with E-state index in [4.69, 9.17) is 11.6 Å². The maximum Gasteiger partial charge on any atom is 0.145 e. The fourth-order valence-electron chi connectivity index (χ4n) is 1.09. The van der Waals surface area contributed by atoms with Gasteiger partial charge in [-0.05, 0) is 33.8 Å². The molecule has 1 atom stereocenters. The van der Waals surface area contributed by atoms with Crippen molar-refractivity contribution in [1.29, 1.82) is 0 Å². The molecule has 1 aromatic rings. The van der Waals surface area contributed by atoms with Gasteiger partial charge in [-0.1, -0.05) is 23.7 Å². The molecular formula is C12H15ClFNOS. The van der Waals surface area contributed by atoms with E-state index >= 15 is 0 Å². The van der Waals surface area contributed by atoms with Crippen LogP contribution in [0.3, 0.4) is 0 Å². The van der Waals surface area contributed by atoms with E-state index in [1.807, 2.05) is 20.8 Å². The molecule has 0 fully saturated rings. The second-order valence-corrected chi connectivity index (χ2v) is 6.92. The molecule has 0 aliphatic carbocycles. The molecule has 0 N–H and O–H groups in total. The summed E-state index contributed by atoms with van der Waals surface area (Å²) in [5.41, 5.74) is 0.951. The first-order valence-electron chi connectivity index (χ1n) is 5.15. The van der Waals surface area contributed by atoms with Crippen LogP contribution in [0.25, 0.3) is 0 Å². The van der Waals surface area contributed by atoms with Crippen LogP contribution in [-0.4, -0.2) is 14.7 Å². The van der Waals surface area contributed by atoms with Gasteiger partial charge in [-0.15, -0.1) is 0 Å². The lowest BCUT2D eigenvalue weighted by atomic mass is 10.1. The zero-order chi connectivity index (χ0) is 13.2. The Morgan fingerprint density at radius 1 is 1.41 bits per heavy atom. The molecule has 0 amide bonds. The molecule has 0 aromatic heterocycles. The highest BCUT2D eigenvalue weighted by molar-refractivity contribution is 7.85. The van der Waals surface area contributed by atoms with Crippen molar-refractivity contribution in [1.82, 2.24) is 0 Å². The molecular weight excluding hydrogens is 261 g/mol. The van der Waals surface area contributed by atoms with Gasteiger partial charge in [0.05, 0.1) is 15.5 Å². The molecule has 0 aliphatic rings. The summed E-state index contributed by atoms with van der Waals surface area (Å²) in [5.74, 6) is -0.500. The Bertz CT molecular complexity index is 480. The highest BCUT2D eigenvalue weighted by atomic mass is 35.5. The van der Waals surface area contributed by atoms with Crippen LogP contribution in [-0.2, 0) is 11.0 Å². The van der Waals surface area contributed by atoms with E-state index in [0.717, 1.165) is 0 Å². The van der Waals surface area contributed by atoms with Gasteiger partial charge in [0.2, 0.25) is 0 Å². The predicted octanol–water partition coefficient (Wildman–Crippen LogP) is 3.75. The largest absolute Gasteiger partial charge is 0.234 e. The van der Waals surface area contributed by atoms with Crippen LogP contribution in [0.15, 0.2) is 22.6 Å². The zero-order valence-electron chi connectivity index (χ0n) is 10.3. The second-order valence-electron chi connectivity index (χ2n) is 4.64. The lowest BCUT2D eigenvalue weighted by Gasteiger charge is -2.14. The van der Waals surface area contributed by atoms with Crippen LogP contribution in [0, 0.1) is 5.82 Å². The molecule has 0 heterocycles. The van der Waals surface area contributed by atoms with E-state index in [2.05, 4.69) is 4.40 Å². The van der Waals surface area contributed by atoms with E-state index in [-0.39, 0.29) is 5.02 Å². The van der Waals surface area contributed by atoms with Gasteiger partial charge in [-0.3, -0.25) is 0 Å². The maximum absolute atomic E-state index is 13.2. The summed E-state index contributed by atoms with van der Waals surface area (Å²) in [6, 6.07) is 4.49. The number of nitrogens with zero attached hydrogens (tertiary/aromatic N) is 1. The summed E-state index contributed by atoms with van der Waals surface area (Å²) >= 11 is 5.83. The van der Waals surface area contributed by atoms with Gasteiger partial charge in [0.15, 0.2) is 0 Å². The van der Waals surface area contributed by atoms with Crippen molar-refractivity contribution in [3.63, 3.8) is 0 Å². The maximum atomic E-state index is 13.2. The molecule has 5 heteroatoms. The van der Waals surface area contributed by atoms with Crippen LogP contribution < -0.4 is 0 Å². The quantitative estimate of drug-likeness (QED) is 0.756. The van der Waals surface area contributed by atoms with Gasteiger partial charge in [0, 0.05) is 5.56 Å². The van der Waals surface area contributed by atoms with Gasteiger partial charge < -0.3 is 0 Å². The molecule has 1 aromatic carbocycles. The van der Waals surface area contributed by atoms with Gasteiger partial charge >= 0.3 is 0 Å². The highest BCUT2D eigenvalue weighted by Gasteiger charge is 2.20. The lowest BCUT2D eigenvalue weighted by Crippen LogP contribution is -2.20. The van der Waals surface area contributed by atoms with Gasteiger partial charge in [-0.2, -0.15) is 4.40 Å². The van der Waals surface area contributed by atoms with Crippen LogP contribution in [0.1, 0.15) is 33.3 Å². The number of benzene rings is 1. The van der Waals surface area contributed by atoms with Gasteiger partial charge in [0.25, 0.3) is 0 Å². The molecule has 0 saturated carbocycles. The van der Waals surface area contributed by atoms with Crippen molar-refractivity contribution in [3.8, 4) is 0 Å². The minimum atomic E-state index is -1.38. The minimum Gasteiger partial charge on any atom is -0.234 e. The normalized spacial score (nSPS) is 14.8. The first kappa shape index (κ1) is 14.3. The third-order valence-electron chi connectivity index (χ3n) is 2.09. The topological polar surface area (TPSA) is 29.4 Å². The summed E-state index contributed by atoms with van der Waals surface area (Å²) in [5, 5.41) is 0.0136. The Kier molecular flexibility index (Phi) is 4.44. The number of hydrogen-bond acceptors (Lipinski definition) is 1. The summed E-state index contributed by atoms with van der Waals surface area (Å²) < 4.78 is 28.7. The average Bonchev–Trinajstić information content (AvgIpc) is 2.20. The Balaban J connectivity index is 3.13. The number of rotatable bonds is 2.